The van der Waals surface area contributed by atoms with Gasteiger partial charge < -0.3 is 4.74 Å². The number of methoxy groups -OCH3 is 1. The highest BCUT2D eigenvalue weighted by atomic mass is 32.2. The lowest BCUT2D eigenvalue weighted by atomic mass is 10.2. The van der Waals surface area contributed by atoms with Gasteiger partial charge in [-0.3, -0.25) is 0 Å². The summed E-state index contributed by atoms with van der Waals surface area (Å²) in [5.74, 6) is -0.279. The second-order valence-electron chi connectivity index (χ2n) is 2.83. The topological polar surface area (TPSA) is 26.3 Å². The van der Waals surface area contributed by atoms with Crippen molar-refractivity contribution in [2.24, 2.45) is 0 Å². The van der Waals surface area contributed by atoms with Gasteiger partial charge in [-0.2, -0.15) is 0 Å². The third-order valence-electron chi connectivity index (χ3n) is 1.75. The van der Waals surface area contributed by atoms with Gasteiger partial charge in [0, 0.05) is 10.9 Å². The summed E-state index contributed by atoms with van der Waals surface area (Å²) < 4.78 is 4.60. The number of hydrogen-bond donors (Lipinski definition) is 0. The second kappa shape index (κ2) is 4.33. The normalized spacial score (nSPS) is 10.2. The molecule has 13 heavy (non-hydrogen) atoms. The molecule has 70 valence electrons. The molecule has 0 unspecified atom stereocenters. The van der Waals surface area contributed by atoms with Crippen LogP contribution in [0.4, 0.5) is 0 Å². The molecule has 2 nitrogen and oxygen atoms in total. The zero-order valence-corrected chi connectivity index (χ0v) is 8.85. The number of carbonyl (C=O) groups excluding carboxylic acids is 1. The number of esters is 1. The third kappa shape index (κ3) is 2.49. The number of carbonyl (C=O) groups is 1. The van der Waals surface area contributed by atoms with Gasteiger partial charge in [0.1, 0.15) is 12.5 Å². The maximum Gasteiger partial charge on any atom is 0.337 e. The van der Waals surface area contributed by atoms with Gasteiger partial charge in [-0.25, -0.2) is 4.79 Å². The van der Waals surface area contributed by atoms with Crippen molar-refractivity contribution >= 4 is 16.9 Å². The zero-order chi connectivity index (χ0) is 9.84. The fourth-order valence-electron chi connectivity index (χ4n) is 0.981. The predicted octanol–water partition coefficient (Wildman–Crippen LogP) is 1.71. The van der Waals surface area contributed by atoms with Crippen molar-refractivity contribution in [3.05, 3.63) is 29.8 Å². The van der Waals surface area contributed by atoms with E-state index in [0.29, 0.717) is 5.56 Å². The molecule has 0 saturated heterocycles. The SMILES string of the molecule is COC(=O)c1ccc([S+](C)C)cc1. The Morgan fingerprint density at radius 1 is 1.23 bits per heavy atom. The molecule has 1 aromatic carbocycles. The lowest BCUT2D eigenvalue weighted by molar-refractivity contribution is 0.0600. The van der Waals surface area contributed by atoms with E-state index in [4.69, 9.17) is 0 Å². The van der Waals surface area contributed by atoms with Crippen LogP contribution in [-0.4, -0.2) is 25.6 Å². The van der Waals surface area contributed by atoms with Gasteiger partial charge in [0.15, 0.2) is 4.90 Å². The van der Waals surface area contributed by atoms with E-state index in [1.165, 1.54) is 12.0 Å². The fraction of sp³-hybridized carbons (Fsp3) is 0.300. The van der Waals surface area contributed by atoms with Gasteiger partial charge in [-0.05, 0) is 24.3 Å². The van der Waals surface area contributed by atoms with E-state index >= 15 is 0 Å². The van der Waals surface area contributed by atoms with E-state index in [1.54, 1.807) is 12.1 Å². The Morgan fingerprint density at radius 3 is 2.15 bits per heavy atom. The molecule has 0 amide bonds. The highest BCUT2D eigenvalue weighted by molar-refractivity contribution is 7.95. The summed E-state index contributed by atoms with van der Waals surface area (Å²) in [7, 11) is 1.63. The summed E-state index contributed by atoms with van der Waals surface area (Å²) in [4.78, 5) is 12.3. The summed E-state index contributed by atoms with van der Waals surface area (Å²) in [6, 6.07) is 7.53. The van der Waals surface area contributed by atoms with Gasteiger partial charge in [-0.1, -0.05) is 0 Å². The van der Waals surface area contributed by atoms with Crippen LogP contribution >= 0.6 is 0 Å². The van der Waals surface area contributed by atoms with Crippen molar-refractivity contribution in [3.8, 4) is 0 Å². The average molecular weight is 197 g/mol. The van der Waals surface area contributed by atoms with E-state index in [2.05, 4.69) is 17.2 Å². The summed E-state index contributed by atoms with van der Waals surface area (Å²) in [6.07, 6.45) is 4.29. The largest absolute Gasteiger partial charge is 0.465 e. The molecular formula is C10H13O2S+. The summed E-state index contributed by atoms with van der Waals surface area (Å²) in [5.41, 5.74) is 0.608. The first-order chi connectivity index (χ1) is 6.15. The monoisotopic (exact) mass is 197 g/mol. The standard InChI is InChI=1S/C10H13O2S/c1-12-10(11)8-4-6-9(7-5-8)13(2)3/h4-7H,1-3H3/q+1. The molecule has 0 heterocycles. The molecule has 0 fully saturated rings. The molecule has 0 bridgehead atoms. The fourth-order valence-corrected chi connectivity index (χ4v) is 1.66. The van der Waals surface area contributed by atoms with Crippen LogP contribution in [0.5, 0.6) is 0 Å². The second-order valence-corrected chi connectivity index (χ2v) is 4.94. The maximum atomic E-state index is 11.1. The summed E-state index contributed by atoms with van der Waals surface area (Å²) in [6.45, 7) is 0. The first kappa shape index (κ1) is 10.1. The van der Waals surface area contributed by atoms with E-state index in [0.717, 1.165) is 0 Å². The van der Waals surface area contributed by atoms with Crippen molar-refractivity contribution < 1.29 is 9.53 Å². The minimum atomic E-state index is -0.279. The number of ether oxygens (including phenoxy) is 1. The Balaban J connectivity index is 2.87. The molecule has 0 N–H and O–H groups in total. The van der Waals surface area contributed by atoms with Crippen molar-refractivity contribution in [3.63, 3.8) is 0 Å². The smallest absolute Gasteiger partial charge is 0.337 e. The van der Waals surface area contributed by atoms with Crippen molar-refractivity contribution in [2.45, 2.75) is 4.90 Å². The molecule has 0 atom stereocenters. The minimum Gasteiger partial charge on any atom is -0.465 e. The molecular weight excluding hydrogens is 184 g/mol. The minimum absolute atomic E-state index is 0.245. The van der Waals surface area contributed by atoms with Crippen molar-refractivity contribution in [1.29, 1.82) is 0 Å². The van der Waals surface area contributed by atoms with E-state index < -0.39 is 0 Å². The summed E-state index contributed by atoms with van der Waals surface area (Å²) >= 11 is 0. The van der Waals surface area contributed by atoms with E-state index in [9.17, 15) is 4.79 Å². The number of rotatable bonds is 2. The van der Waals surface area contributed by atoms with E-state index in [-0.39, 0.29) is 16.9 Å². The Bertz CT molecular complexity index is 290. The molecule has 0 aliphatic carbocycles. The lowest BCUT2D eigenvalue weighted by Crippen LogP contribution is -2.02. The van der Waals surface area contributed by atoms with Crippen LogP contribution in [0.1, 0.15) is 10.4 Å². The first-order valence-electron chi connectivity index (χ1n) is 3.91. The summed E-state index contributed by atoms with van der Waals surface area (Å²) in [5, 5.41) is 0. The Hall–Kier alpha value is -0.960. The third-order valence-corrected chi connectivity index (χ3v) is 2.96. The first-order valence-corrected chi connectivity index (χ1v) is 5.95. The average Bonchev–Trinajstić information content (AvgIpc) is 2.17. The quantitative estimate of drug-likeness (QED) is 0.533. The number of hydrogen-bond acceptors (Lipinski definition) is 2. The van der Waals surface area contributed by atoms with Crippen molar-refractivity contribution in [2.75, 3.05) is 19.6 Å². The van der Waals surface area contributed by atoms with Crippen molar-refractivity contribution in [1.82, 2.24) is 0 Å². The van der Waals surface area contributed by atoms with Crippen LogP contribution in [0.15, 0.2) is 29.2 Å². The van der Waals surface area contributed by atoms with Gasteiger partial charge >= 0.3 is 5.97 Å². The Morgan fingerprint density at radius 2 is 1.77 bits per heavy atom. The molecule has 0 aliphatic rings. The van der Waals surface area contributed by atoms with Gasteiger partial charge in [0.25, 0.3) is 0 Å². The maximum absolute atomic E-state index is 11.1. The van der Waals surface area contributed by atoms with Crippen LogP contribution in [0.3, 0.4) is 0 Å². The van der Waals surface area contributed by atoms with Crippen LogP contribution < -0.4 is 0 Å². The van der Waals surface area contributed by atoms with Gasteiger partial charge in [0.05, 0.1) is 12.7 Å². The molecule has 0 aromatic heterocycles. The van der Waals surface area contributed by atoms with Gasteiger partial charge in [0.2, 0.25) is 0 Å². The molecule has 0 spiro atoms. The Labute approximate surface area is 81.3 Å². The Kier molecular flexibility index (Phi) is 3.37. The lowest BCUT2D eigenvalue weighted by Gasteiger charge is -1.99. The van der Waals surface area contributed by atoms with E-state index in [1.807, 2.05) is 12.1 Å². The molecule has 0 radical (unpaired) electrons. The molecule has 1 rings (SSSR count). The zero-order valence-electron chi connectivity index (χ0n) is 8.03. The highest BCUT2D eigenvalue weighted by Crippen LogP contribution is 2.10. The molecule has 3 heteroatoms. The van der Waals surface area contributed by atoms with Gasteiger partial charge in [-0.15, -0.1) is 0 Å². The van der Waals surface area contributed by atoms with Crippen LogP contribution in [0.2, 0.25) is 0 Å². The number of benzene rings is 1. The van der Waals surface area contributed by atoms with Crippen LogP contribution in [0.25, 0.3) is 0 Å². The predicted molar refractivity (Wildman–Crippen MR) is 55.3 cm³/mol. The molecule has 0 saturated carbocycles. The molecule has 0 aliphatic heterocycles. The molecule has 1 aromatic rings. The van der Waals surface area contributed by atoms with Crippen LogP contribution in [-0.2, 0) is 15.6 Å². The highest BCUT2D eigenvalue weighted by Gasteiger charge is 2.10. The van der Waals surface area contributed by atoms with Crippen LogP contribution in [0, 0.1) is 0 Å².